The fraction of sp³-hybridized carbons (Fsp3) is 0.211. The van der Waals surface area contributed by atoms with Crippen LogP contribution in [0, 0.1) is 0 Å². The van der Waals surface area contributed by atoms with E-state index < -0.39 is 32.3 Å². The van der Waals surface area contributed by atoms with Crippen LogP contribution in [0.3, 0.4) is 0 Å². The quantitative estimate of drug-likeness (QED) is 0.104. The molecule has 14 heteroatoms. The van der Waals surface area contributed by atoms with Crippen LogP contribution >= 0.6 is 8.25 Å². The number of nitrogens with zero attached hydrogens (tertiary/aromatic N) is 4. The van der Waals surface area contributed by atoms with E-state index >= 15 is 0 Å². The zero-order chi connectivity index (χ0) is 36.1. The third kappa shape index (κ3) is 7.05. The minimum Gasteiger partial charge on any atom is -0.497 e. The van der Waals surface area contributed by atoms with Crippen LogP contribution in [0.4, 0.5) is 5.82 Å². The third-order valence-electron chi connectivity index (χ3n) is 9.01. The molecule has 0 aliphatic carbocycles. The summed E-state index contributed by atoms with van der Waals surface area (Å²) >= 11 is 0. The molecule has 4 atom stereocenters. The van der Waals surface area contributed by atoms with Crippen LogP contribution in [0.25, 0.3) is 11.2 Å². The van der Waals surface area contributed by atoms with E-state index in [9.17, 15) is 14.3 Å². The number of anilines is 1. The molecule has 0 bridgehead atoms. The third-order valence-corrected chi connectivity index (χ3v) is 9.51. The average molecular weight is 722 g/mol. The van der Waals surface area contributed by atoms with E-state index in [0.29, 0.717) is 28.2 Å². The van der Waals surface area contributed by atoms with E-state index in [-0.39, 0.29) is 24.8 Å². The molecule has 0 radical (unpaired) electrons. The van der Waals surface area contributed by atoms with E-state index in [0.717, 1.165) is 16.7 Å². The van der Waals surface area contributed by atoms with Gasteiger partial charge in [-0.2, -0.15) is 0 Å². The molecule has 1 aliphatic rings. The number of aromatic nitrogens is 4. The molecule has 1 aliphatic heterocycles. The average Bonchev–Trinajstić information content (AvgIpc) is 3.80. The van der Waals surface area contributed by atoms with Gasteiger partial charge in [-0.15, -0.1) is 0 Å². The Morgan fingerprint density at radius 1 is 0.865 bits per heavy atom. The molecule has 2 aromatic heterocycles. The lowest BCUT2D eigenvalue weighted by Gasteiger charge is -2.37. The monoisotopic (exact) mass is 721 g/mol. The highest BCUT2D eigenvalue weighted by molar-refractivity contribution is 7.32. The number of ether oxygens (including phenoxy) is 4. The van der Waals surface area contributed by atoms with Crippen molar-refractivity contribution in [1.29, 1.82) is 0 Å². The topological polar surface area (TPSA) is 156 Å². The first-order valence-electron chi connectivity index (χ1n) is 16.5. The predicted octanol–water partition coefficient (Wildman–Crippen LogP) is 6.16. The molecule has 3 heterocycles. The van der Waals surface area contributed by atoms with Gasteiger partial charge in [-0.1, -0.05) is 72.8 Å². The summed E-state index contributed by atoms with van der Waals surface area (Å²) in [6.07, 6.45) is 0.740. The maximum atomic E-state index is 12.9. The highest BCUT2D eigenvalue weighted by Crippen LogP contribution is 2.44. The molecule has 4 aromatic carbocycles. The Morgan fingerprint density at radius 2 is 1.46 bits per heavy atom. The van der Waals surface area contributed by atoms with Crippen LogP contribution in [-0.4, -0.2) is 63.4 Å². The van der Waals surface area contributed by atoms with Gasteiger partial charge in [0, 0.05) is 12.0 Å². The van der Waals surface area contributed by atoms with E-state index in [1.165, 1.54) is 12.7 Å². The molecule has 6 aromatic rings. The Labute approximate surface area is 300 Å². The SMILES string of the molecule is COc1ccc(C(OC[C@H]2O[C@@H](n3cnc4c(NC(=O)c5ccccc5)ncnc43)CC2O[PH](=O)O)(c2ccccc2)c2ccc(OC)cc2)cc1. The first-order chi connectivity index (χ1) is 25.4. The number of benzene rings is 4. The van der Waals surface area contributed by atoms with E-state index in [4.69, 9.17) is 23.5 Å². The minimum absolute atomic E-state index is 0.0384. The number of amides is 1. The number of carbonyl (C=O) groups excluding carboxylic acids is 1. The van der Waals surface area contributed by atoms with Gasteiger partial charge in [0.25, 0.3) is 5.91 Å². The summed E-state index contributed by atoms with van der Waals surface area (Å²) in [7, 11) is -0.147. The highest BCUT2D eigenvalue weighted by atomic mass is 31.1. The van der Waals surface area contributed by atoms with Crippen molar-refractivity contribution < 1.29 is 37.7 Å². The van der Waals surface area contributed by atoms with Gasteiger partial charge in [0.2, 0.25) is 0 Å². The van der Waals surface area contributed by atoms with Gasteiger partial charge in [-0.3, -0.25) is 13.9 Å². The first-order valence-corrected chi connectivity index (χ1v) is 17.7. The van der Waals surface area contributed by atoms with Crippen molar-refractivity contribution in [2.75, 3.05) is 26.1 Å². The summed E-state index contributed by atoms with van der Waals surface area (Å²) in [5.41, 5.74) is 2.53. The number of rotatable bonds is 13. The Bertz CT molecular complexity index is 2100. The van der Waals surface area contributed by atoms with Crippen molar-refractivity contribution >= 4 is 31.1 Å². The number of carbonyl (C=O) groups is 1. The zero-order valence-corrected chi connectivity index (χ0v) is 29.3. The summed E-state index contributed by atoms with van der Waals surface area (Å²) in [5, 5.41) is 2.81. The molecular weight excluding hydrogens is 685 g/mol. The molecule has 2 N–H and O–H groups in total. The van der Waals surface area contributed by atoms with Crippen LogP contribution in [0.15, 0.2) is 122 Å². The fourth-order valence-electron chi connectivity index (χ4n) is 6.48. The largest absolute Gasteiger partial charge is 0.497 e. The molecule has 0 spiro atoms. The second-order valence-electron chi connectivity index (χ2n) is 12.0. The summed E-state index contributed by atoms with van der Waals surface area (Å²) in [5.74, 6) is 1.25. The Kier molecular flexibility index (Phi) is 10.4. The lowest BCUT2D eigenvalue weighted by Crippen LogP contribution is -2.38. The van der Waals surface area contributed by atoms with Gasteiger partial charge in [0.05, 0.1) is 33.3 Å². The van der Waals surface area contributed by atoms with Gasteiger partial charge < -0.3 is 33.7 Å². The smallest absolute Gasteiger partial charge is 0.316 e. The molecule has 2 unspecified atom stereocenters. The highest BCUT2D eigenvalue weighted by Gasteiger charge is 2.43. The van der Waals surface area contributed by atoms with Crippen molar-refractivity contribution in [3.63, 3.8) is 0 Å². The van der Waals surface area contributed by atoms with Crippen molar-refractivity contribution in [1.82, 2.24) is 19.5 Å². The van der Waals surface area contributed by atoms with E-state index in [2.05, 4.69) is 20.3 Å². The number of nitrogens with one attached hydrogen (secondary N) is 1. The molecule has 0 saturated carbocycles. The lowest BCUT2D eigenvalue weighted by atomic mass is 9.80. The van der Waals surface area contributed by atoms with Crippen LogP contribution in [0.1, 0.15) is 39.7 Å². The molecule has 52 heavy (non-hydrogen) atoms. The lowest BCUT2D eigenvalue weighted by molar-refractivity contribution is -0.0903. The van der Waals surface area contributed by atoms with Gasteiger partial charge >= 0.3 is 8.25 Å². The Hall–Kier alpha value is -5.43. The van der Waals surface area contributed by atoms with Gasteiger partial charge in [-0.25, -0.2) is 15.0 Å². The van der Waals surface area contributed by atoms with Crippen LogP contribution in [-0.2, 0) is 24.2 Å². The first kappa shape index (κ1) is 35.0. The number of fused-ring (bicyclic) bond motifs is 1. The molecule has 266 valence electrons. The maximum Gasteiger partial charge on any atom is 0.316 e. The van der Waals surface area contributed by atoms with Crippen LogP contribution in [0.5, 0.6) is 11.5 Å². The second kappa shape index (κ2) is 15.4. The van der Waals surface area contributed by atoms with Gasteiger partial charge in [0.1, 0.15) is 35.8 Å². The molecule has 7 rings (SSSR count). The normalized spacial score (nSPS) is 17.9. The number of hydrogen-bond acceptors (Lipinski definition) is 10. The number of imidazole rings is 1. The number of methoxy groups -OCH3 is 2. The maximum absolute atomic E-state index is 12.9. The van der Waals surface area contributed by atoms with Crippen molar-refractivity contribution in [2.24, 2.45) is 0 Å². The van der Waals surface area contributed by atoms with Gasteiger partial charge in [0.15, 0.2) is 17.0 Å². The van der Waals surface area contributed by atoms with Crippen molar-refractivity contribution in [3.8, 4) is 11.5 Å². The fourth-order valence-corrected chi connectivity index (χ4v) is 6.99. The Balaban J connectivity index is 1.22. The van der Waals surface area contributed by atoms with Gasteiger partial charge in [-0.05, 0) is 53.1 Å². The summed E-state index contributed by atoms with van der Waals surface area (Å²) in [6, 6.07) is 33.8. The Morgan fingerprint density at radius 3 is 2.06 bits per heavy atom. The van der Waals surface area contributed by atoms with Crippen molar-refractivity contribution in [2.45, 2.75) is 30.5 Å². The summed E-state index contributed by atoms with van der Waals surface area (Å²) in [6.45, 7) is -0.0384. The summed E-state index contributed by atoms with van der Waals surface area (Å²) in [4.78, 5) is 36.0. The summed E-state index contributed by atoms with van der Waals surface area (Å²) < 4.78 is 43.9. The molecule has 1 fully saturated rings. The molecular formula is C38H36N5O8P. The van der Waals surface area contributed by atoms with Crippen LogP contribution < -0.4 is 14.8 Å². The second-order valence-corrected chi connectivity index (χ2v) is 12.7. The van der Waals surface area contributed by atoms with Crippen LogP contribution in [0.2, 0.25) is 0 Å². The van der Waals surface area contributed by atoms with Crippen molar-refractivity contribution in [3.05, 3.63) is 144 Å². The number of hydrogen-bond donors (Lipinski definition) is 2. The minimum atomic E-state index is -3.36. The standard InChI is InChI=1S/C38H36N5O8P/c1-47-29-17-13-27(14-18-29)38(26-11-7-4-8-12-26,28-15-19-30(48-2)20-16-28)49-22-32-31(51-52(45)46)21-33(50-32)43-24-41-34-35(39-23-40-36(34)43)42-37(44)25-9-5-3-6-10-25/h3-20,23-24,31-33,52H,21-22H2,1-2H3,(H,45,46)(H,39,40,42,44)/t31?,32-,33-/m1/s1. The van der Waals surface area contributed by atoms with E-state index in [1.807, 2.05) is 84.9 Å². The van der Waals surface area contributed by atoms with E-state index in [1.54, 1.807) is 43.1 Å². The molecule has 13 nitrogen and oxygen atoms in total. The zero-order valence-electron chi connectivity index (χ0n) is 28.3. The molecule has 1 amide bonds. The molecule has 1 saturated heterocycles. The predicted molar refractivity (Wildman–Crippen MR) is 193 cm³/mol.